The molecule has 8 aromatic carbocycles. The van der Waals surface area contributed by atoms with Crippen LogP contribution in [0.4, 0.5) is 17.1 Å². The molecule has 0 saturated heterocycles. The van der Waals surface area contributed by atoms with E-state index in [1.807, 2.05) is 22.7 Å². The minimum Gasteiger partial charge on any atom is -0.308 e. The molecule has 0 saturated carbocycles. The molecule has 0 aliphatic rings. The molecule has 0 atom stereocenters. The quantitative estimate of drug-likeness (QED) is 0.174. The molecule has 0 unspecified atom stereocenters. The Balaban J connectivity index is 1.38. The van der Waals surface area contributed by atoms with E-state index in [4.69, 9.17) is 0 Å². The largest absolute Gasteiger partial charge is 0.308 e. The first-order chi connectivity index (χ1) is 23.3. The highest BCUT2D eigenvalue weighted by atomic mass is 32.1. The summed E-state index contributed by atoms with van der Waals surface area (Å²) in [6, 6.07) is 60.3. The molecule has 0 amide bonds. The van der Waals surface area contributed by atoms with Gasteiger partial charge in [0.05, 0.1) is 16.1 Å². The Kier molecular flexibility index (Phi) is 5.98. The maximum Gasteiger partial charge on any atom is 0.0718 e. The lowest BCUT2D eigenvalue weighted by molar-refractivity contribution is 1.33. The van der Waals surface area contributed by atoms with Crippen molar-refractivity contribution in [2.75, 3.05) is 4.90 Å². The molecular formula is C44H27NS2. The summed E-state index contributed by atoms with van der Waals surface area (Å²) in [6.07, 6.45) is 0. The lowest BCUT2D eigenvalue weighted by Crippen LogP contribution is -2.12. The highest BCUT2D eigenvalue weighted by molar-refractivity contribution is 7.26. The minimum absolute atomic E-state index is 1.16. The smallest absolute Gasteiger partial charge is 0.0718 e. The van der Waals surface area contributed by atoms with E-state index in [9.17, 15) is 0 Å². The summed E-state index contributed by atoms with van der Waals surface area (Å²) in [5.74, 6) is 0. The van der Waals surface area contributed by atoms with Gasteiger partial charge in [0.1, 0.15) is 0 Å². The van der Waals surface area contributed by atoms with Crippen molar-refractivity contribution in [1.29, 1.82) is 0 Å². The Bertz CT molecular complexity index is 2810. The van der Waals surface area contributed by atoms with E-state index >= 15 is 0 Å². The van der Waals surface area contributed by atoms with Gasteiger partial charge in [-0.05, 0) is 52.1 Å². The van der Waals surface area contributed by atoms with E-state index in [2.05, 4.69) is 169 Å². The predicted molar refractivity (Wildman–Crippen MR) is 207 cm³/mol. The Morgan fingerprint density at radius 2 is 0.979 bits per heavy atom. The van der Waals surface area contributed by atoms with E-state index < -0.39 is 0 Å². The SMILES string of the molecule is c1ccc(-c2ccc3c(sc4ccccc43)c2N(c2ccc3c(c2)sc2ccccc23)c2cc3ccccc3c3ccccc23)cc1. The van der Waals surface area contributed by atoms with Crippen LogP contribution >= 0.6 is 22.7 Å². The van der Waals surface area contributed by atoms with Crippen molar-refractivity contribution in [3.8, 4) is 11.1 Å². The van der Waals surface area contributed by atoms with Gasteiger partial charge in [-0.15, -0.1) is 22.7 Å². The number of hydrogen-bond acceptors (Lipinski definition) is 3. The summed E-state index contributed by atoms with van der Waals surface area (Å²) in [4.78, 5) is 2.55. The first kappa shape index (κ1) is 26.7. The summed E-state index contributed by atoms with van der Waals surface area (Å²) in [6.45, 7) is 0. The van der Waals surface area contributed by atoms with E-state index in [1.165, 1.54) is 84.4 Å². The molecule has 0 N–H and O–H groups in total. The number of rotatable bonds is 4. The molecule has 10 aromatic rings. The second-order valence-electron chi connectivity index (χ2n) is 12.1. The van der Waals surface area contributed by atoms with Gasteiger partial charge < -0.3 is 4.90 Å². The van der Waals surface area contributed by atoms with Crippen LogP contribution in [0.1, 0.15) is 0 Å². The number of benzene rings is 8. The highest BCUT2D eigenvalue weighted by Crippen LogP contribution is 2.52. The first-order valence-corrected chi connectivity index (χ1v) is 17.6. The average molecular weight is 634 g/mol. The molecule has 0 aliphatic carbocycles. The summed E-state index contributed by atoms with van der Waals surface area (Å²) < 4.78 is 5.21. The molecule has 3 heteroatoms. The Morgan fingerprint density at radius 1 is 0.383 bits per heavy atom. The number of thiophene rings is 2. The van der Waals surface area contributed by atoms with Crippen LogP contribution in [0.5, 0.6) is 0 Å². The van der Waals surface area contributed by atoms with Gasteiger partial charge in [-0.1, -0.05) is 133 Å². The molecule has 0 fully saturated rings. The normalized spacial score (nSPS) is 11.8. The van der Waals surface area contributed by atoms with Gasteiger partial charge in [0.25, 0.3) is 0 Å². The number of nitrogens with zero attached hydrogens (tertiary/aromatic N) is 1. The fourth-order valence-electron chi connectivity index (χ4n) is 7.31. The van der Waals surface area contributed by atoms with E-state index in [0.717, 1.165) is 5.69 Å². The van der Waals surface area contributed by atoms with Gasteiger partial charge in [0, 0.05) is 52.3 Å². The zero-order valence-electron chi connectivity index (χ0n) is 25.4. The van der Waals surface area contributed by atoms with Crippen LogP contribution in [0.3, 0.4) is 0 Å². The molecule has 2 heterocycles. The van der Waals surface area contributed by atoms with E-state index in [-0.39, 0.29) is 0 Å². The first-order valence-electron chi connectivity index (χ1n) is 15.9. The predicted octanol–water partition coefficient (Wildman–Crippen LogP) is 13.9. The molecule has 2 aromatic heterocycles. The maximum atomic E-state index is 2.55. The lowest BCUT2D eigenvalue weighted by atomic mass is 9.96. The second kappa shape index (κ2) is 10.5. The van der Waals surface area contributed by atoms with Crippen LogP contribution in [0, 0.1) is 0 Å². The molecule has 220 valence electrons. The molecule has 0 bridgehead atoms. The number of anilines is 3. The second-order valence-corrected chi connectivity index (χ2v) is 14.2. The molecule has 1 nitrogen and oxygen atoms in total. The fourth-order valence-corrected chi connectivity index (χ4v) is 9.69. The van der Waals surface area contributed by atoms with Gasteiger partial charge in [0.15, 0.2) is 0 Å². The lowest BCUT2D eigenvalue weighted by Gasteiger charge is -2.30. The van der Waals surface area contributed by atoms with E-state index in [0.29, 0.717) is 0 Å². The molecule has 0 aliphatic heterocycles. The van der Waals surface area contributed by atoms with Gasteiger partial charge in [-0.3, -0.25) is 0 Å². The van der Waals surface area contributed by atoms with Crippen molar-refractivity contribution in [3.05, 3.63) is 164 Å². The third-order valence-corrected chi connectivity index (χ3v) is 11.8. The van der Waals surface area contributed by atoms with Crippen molar-refractivity contribution in [2.24, 2.45) is 0 Å². The summed E-state index contributed by atoms with van der Waals surface area (Å²) in [5, 5.41) is 10.2. The monoisotopic (exact) mass is 633 g/mol. The van der Waals surface area contributed by atoms with Gasteiger partial charge >= 0.3 is 0 Å². The van der Waals surface area contributed by atoms with Crippen LogP contribution in [0.2, 0.25) is 0 Å². The average Bonchev–Trinajstić information content (AvgIpc) is 3.70. The van der Waals surface area contributed by atoms with Crippen molar-refractivity contribution in [1.82, 2.24) is 0 Å². The molecular weight excluding hydrogens is 607 g/mol. The molecule has 47 heavy (non-hydrogen) atoms. The van der Waals surface area contributed by atoms with Crippen LogP contribution in [0.25, 0.3) is 73.0 Å². The Hall–Kier alpha value is -5.48. The zero-order valence-corrected chi connectivity index (χ0v) is 27.0. The minimum atomic E-state index is 1.16. The third kappa shape index (κ3) is 4.14. The van der Waals surface area contributed by atoms with Crippen LogP contribution in [-0.2, 0) is 0 Å². The Morgan fingerprint density at radius 3 is 1.79 bits per heavy atom. The van der Waals surface area contributed by atoms with Crippen molar-refractivity contribution in [3.63, 3.8) is 0 Å². The van der Waals surface area contributed by atoms with Crippen molar-refractivity contribution in [2.45, 2.75) is 0 Å². The summed E-state index contributed by atoms with van der Waals surface area (Å²) in [5.41, 5.74) is 5.99. The highest BCUT2D eigenvalue weighted by Gasteiger charge is 2.25. The fraction of sp³-hybridized carbons (Fsp3) is 0. The molecule has 10 rings (SSSR count). The van der Waals surface area contributed by atoms with Crippen LogP contribution in [0.15, 0.2) is 164 Å². The number of hydrogen-bond donors (Lipinski definition) is 0. The van der Waals surface area contributed by atoms with E-state index in [1.54, 1.807) is 0 Å². The number of fused-ring (bicyclic) bond motifs is 9. The Labute approximate surface area is 280 Å². The summed E-state index contributed by atoms with van der Waals surface area (Å²) in [7, 11) is 0. The van der Waals surface area contributed by atoms with Crippen LogP contribution in [-0.4, -0.2) is 0 Å². The zero-order chi connectivity index (χ0) is 30.9. The van der Waals surface area contributed by atoms with Gasteiger partial charge in [0.2, 0.25) is 0 Å². The van der Waals surface area contributed by atoms with Crippen molar-refractivity contribution < 1.29 is 0 Å². The van der Waals surface area contributed by atoms with Gasteiger partial charge in [-0.2, -0.15) is 0 Å². The topological polar surface area (TPSA) is 3.24 Å². The van der Waals surface area contributed by atoms with Crippen molar-refractivity contribution >= 4 is 102 Å². The maximum absolute atomic E-state index is 2.55. The molecule has 0 radical (unpaired) electrons. The molecule has 0 spiro atoms. The third-order valence-electron chi connectivity index (χ3n) is 9.44. The van der Waals surface area contributed by atoms with Crippen LogP contribution < -0.4 is 4.90 Å². The summed E-state index contributed by atoms with van der Waals surface area (Å²) >= 11 is 3.77. The van der Waals surface area contributed by atoms with Gasteiger partial charge in [-0.25, -0.2) is 0 Å². The standard InChI is InChI=1S/C44H27NS2/c1-2-12-28(13-3-1)32-24-25-38-36-19-9-11-21-41(36)47-44(38)43(32)45(30-22-23-37-35-18-8-10-20-40(35)46-42(37)27-30)39-26-29-14-4-5-15-31(29)33-16-6-7-17-34(33)39/h1-27H.